The number of carbonyl (C=O) groups excluding carboxylic acids is 1. The summed E-state index contributed by atoms with van der Waals surface area (Å²) in [5, 5.41) is 1.94. The second-order valence-electron chi connectivity index (χ2n) is 3.86. The van der Waals surface area contributed by atoms with Gasteiger partial charge in [-0.05, 0) is 30.7 Å². The average molecular weight is 224 g/mol. The summed E-state index contributed by atoms with van der Waals surface area (Å²) in [6, 6.07) is 4.04. The highest BCUT2D eigenvalue weighted by Crippen LogP contribution is 2.20. The molecule has 1 aromatic heterocycles. The summed E-state index contributed by atoms with van der Waals surface area (Å²) in [5.41, 5.74) is 5.69. The van der Waals surface area contributed by atoms with Gasteiger partial charge in [-0.1, -0.05) is 6.07 Å². The van der Waals surface area contributed by atoms with Gasteiger partial charge in [0.2, 0.25) is 0 Å². The van der Waals surface area contributed by atoms with E-state index < -0.39 is 0 Å². The molecule has 1 amide bonds. The van der Waals surface area contributed by atoms with Crippen LogP contribution in [0.5, 0.6) is 0 Å². The molecule has 0 unspecified atom stereocenters. The number of nitrogens with two attached hydrogens (primary N) is 1. The van der Waals surface area contributed by atoms with Crippen LogP contribution in [-0.4, -0.2) is 29.9 Å². The van der Waals surface area contributed by atoms with Crippen molar-refractivity contribution in [2.24, 2.45) is 5.73 Å². The maximum atomic E-state index is 12.1. The largest absolute Gasteiger partial charge is 0.334 e. The van der Waals surface area contributed by atoms with E-state index in [9.17, 15) is 4.79 Å². The monoisotopic (exact) mass is 224 g/mol. The topological polar surface area (TPSA) is 46.3 Å². The molecule has 1 fully saturated rings. The molecule has 4 heteroatoms. The van der Waals surface area contributed by atoms with Gasteiger partial charge in [0.05, 0.1) is 4.88 Å². The van der Waals surface area contributed by atoms with Crippen LogP contribution in [0.4, 0.5) is 0 Å². The average Bonchev–Trinajstić information content (AvgIpc) is 2.81. The lowest BCUT2D eigenvalue weighted by Crippen LogP contribution is -2.47. The minimum atomic E-state index is 0.153. The van der Waals surface area contributed by atoms with E-state index in [-0.39, 0.29) is 11.9 Å². The van der Waals surface area contributed by atoms with Crippen molar-refractivity contribution in [3.05, 3.63) is 22.4 Å². The predicted octanol–water partition coefficient (Wildman–Crippen LogP) is 1.70. The van der Waals surface area contributed by atoms with Crippen LogP contribution in [0.3, 0.4) is 0 Å². The van der Waals surface area contributed by atoms with Gasteiger partial charge >= 0.3 is 0 Å². The number of amides is 1. The highest BCUT2D eigenvalue weighted by Gasteiger charge is 2.26. The molecule has 2 N–H and O–H groups in total. The number of likely N-dealkylation sites (tertiary alicyclic amines) is 1. The molecular formula is C11H16N2OS. The predicted molar refractivity (Wildman–Crippen MR) is 62.0 cm³/mol. The Morgan fingerprint density at radius 1 is 1.60 bits per heavy atom. The van der Waals surface area contributed by atoms with Crippen molar-refractivity contribution in [2.45, 2.75) is 25.3 Å². The summed E-state index contributed by atoms with van der Waals surface area (Å²) >= 11 is 1.51. The molecule has 1 aliphatic heterocycles. The van der Waals surface area contributed by atoms with E-state index in [1.54, 1.807) is 0 Å². The van der Waals surface area contributed by atoms with Crippen LogP contribution in [0.2, 0.25) is 0 Å². The summed E-state index contributed by atoms with van der Waals surface area (Å²) in [5.74, 6) is 0.153. The molecule has 2 rings (SSSR count). The fourth-order valence-corrected chi connectivity index (χ4v) is 2.73. The van der Waals surface area contributed by atoms with E-state index in [1.165, 1.54) is 17.8 Å². The number of carbonyl (C=O) groups is 1. The first-order valence-electron chi connectivity index (χ1n) is 5.37. The molecule has 3 nitrogen and oxygen atoms in total. The Balaban J connectivity index is 2.11. The molecule has 0 aromatic carbocycles. The van der Waals surface area contributed by atoms with E-state index >= 15 is 0 Å². The smallest absolute Gasteiger partial charge is 0.264 e. The van der Waals surface area contributed by atoms with Crippen LogP contribution in [0.1, 0.15) is 28.9 Å². The first kappa shape index (κ1) is 10.6. The van der Waals surface area contributed by atoms with E-state index in [0.717, 1.165) is 24.3 Å². The summed E-state index contributed by atoms with van der Waals surface area (Å²) in [4.78, 5) is 14.9. The van der Waals surface area contributed by atoms with Crippen LogP contribution in [-0.2, 0) is 0 Å². The Labute approximate surface area is 93.9 Å². The van der Waals surface area contributed by atoms with Gasteiger partial charge < -0.3 is 10.6 Å². The van der Waals surface area contributed by atoms with Crippen molar-refractivity contribution in [3.63, 3.8) is 0 Å². The Kier molecular flexibility index (Phi) is 3.38. The highest BCUT2D eigenvalue weighted by atomic mass is 32.1. The number of hydrogen-bond donors (Lipinski definition) is 1. The second-order valence-corrected chi connectivity index (χ2v) is 4.81. The molecule has 0 saturated carbocycles. The van der Waals surface area contributed by atoms with Crippen molar-refractivity contribution < 1.29 is 4.79 Å². The Morgan fingerprint density at radius 3 is 3.13 bits per heavy atom. The van der Waals surface area contributed by atoms with Gasteiger partial charge in [-0.3, -0.25) is 4.79 Å². The quantitative estimate of drug-likeness (QED) is 0.831. The van der Waals surface area contributed by atoms with Crippen LogP contribution in [0, 0.1) is 0 Å². The number of thiophene rings is 1. The Morgan fingerprint density at radius 2 is 2.47 bits per heavy atom. The minimum Gasteiger partial charge on any atom is -0.334 e. The third kappa shape index (κ3) is 2.21. The Bertz CT molecular complexity index is 323. The number of nitrogens with zero attached hydrogens (tertiary/aromatic N) is 1. The molecule has 15 heavy (non-hydrogen) atoms. The van der Waals surface area contributed by atoms with Crippen molar-refractivity contribution in [2.75, 3.05) is 13.1 Å². The van der Waals surface area contributed by atoms with Gasteiger partial charge in [0.25, 0.3) is 5.91 Å². The standard InChI is InChI=1S/C11H16N2OS/c12-8-9-4-1-2-6-13(9)11(14)10-5-3-7-15-10/h3,5,7,9H,1-2,4,6,8,12H2/t9-/m1/s1. The lowest BCUT2D eigenvalue weighted by molar-refractivity contribution is 0.0628. The first-order chi connectivity index (χ1) is 7.33. The fourth-order valence-electron chi connectivity index (χ4n) is 2.05. The van der Waals surface area contributed by atoms with Crippen molar-refractivity contribution in [3.8, 4) is 0 Å². The third-order valence-electron chi connectivity index (χ3n) is 2.89. The molecule has 1 aliphatic rings. The van der Waals surface area contributed by atoms with Gasteiger partial charge in [-0.2, -0.15) is 0 Å². The first-order valence-corrected chi connectivity index (χ1v) is 6.25. The maximum Gasteiger partial charge on any atom is 0.264 e. The maximum absolute atomic E-state index is 12.1. The summed E-state index contributed by atoms with van der Waals surface area (Å²) in [6.45, 7) is 1.44. The van der Waals surface area contributed by atoms with Crippen LogP contribution in [0.15, 0.2) is 17.5 Å². The van der Waals surface area contributed by atoms with E-state index in [4.69, 9.17) is 5.73 Å². The van der Waals surface area contributed by atoms with Crippen LogP contribution < -0.4 is 5.73 Å². The van der Waals surface area contributed by atoms with Gasteiger partial charge in [-0.15, -0.1) is 11.3 Å². The second kappa shape index (κ2) is 4.77. The van der Waals surface area contributed by atoms with Gasteiger partial charge in [0.1, 0.15) is 0 Å². The van der Waals surface area contributed by atoms with Crippen molar-refractivity contribution >= 4 is 17.2 Å². The van der Waals surface area contributed by atoms with Gasteiger partial charge in [-0.25, -0.2) is 0 Å². The van der Waals surface area contributed by atoms with Gasteiger partial charge in [0, 0.05) is 19.1 Å². The number of rotatable bonds is 2. The minimum absolute atomic E-state index is 0.153. The van der Waals surface area contributed by atoms with E-state index in [0.29, 0.717) is 6.54 Å². The van der Waals surface area contributed by atoms with Crippen LogP contribution in [0.25, 0.3) is 0 Å². The number of hydrogen-bond acceptors (Lipinski definition) is 3. The normalized spacial score (nSPS) is 21.7. The fraction of sp³-hybridized carbons (Fsp3) is 0.545. The molecule has 0 bridgehead atoms. The number of piperidine rings is 1. The summed E-state index contributed by atoms with van der Waals surface area (Å²) in [7, 11) is 0. The zero-order chi connectivity index (χ0) is 10.7. The zero-order valence-corrected chi connectivity index (χ0v) is 9.50. The van der Waals surface area contributed by atoms with Crippen molar-refractivity contribution in [1.29, 1.82) is 0 Å². The van der Waals surface area contributed by atoms with Crippen LogP contribution >= 0.6 is 11.3 Å². The molecule has 1 saturated heterocycles. The van der Waals surface area contributed by atoms with Gasteiger partial charge in [0.15, 0.2) is 0 Å². The SMILES string of the molecule is NC[C@H]1CCCCN1C(=O)c1cccs1. The molecule has 82 valence electrons. The molecule has 0 radical (unpaired) electrons. The summed E-state index contributed by atoms with van der Waals surface area (Å²) < 4.78 is 0. The molecule has 0 aliphatic carbocycles. The molecule has 2 heterocycles. The van der Waals surface area contributed by atoms with Crippen molar-refractivity contribution in [1.82, 2.24) is 4.90 Å². The molecule has 1 aromatic rings. The molecule has 1 atom stereocenters. The zero-order valence-electron chi connectivity index (χ0n) is 8.69. The molecule has 0 spiro atoms. The summed E-state index contributed by atoms with van der Waals surface area (Å²) in [6.07, 6.45) is 3.34. The lowest BCUT2D eigenvalue weighted by Gasteiger charge is -2.34. The lowest BCUT2D eigenvalue weighted by atomic mass is 10.0. The molecular weight excluding hydrogens is 208 g/mol. The third-order valence-corrected chi connectivity index (χ3v) is 3.75. The van der Waals surface area contributed by atoms with E-state index in [1.807, 2.05) is 22.4 Å². The van der Waals surface area contributed by atoms with E-state index in [2.05, 4.69) is 0 Å². The highest BCUT2D eigenvalue weighted by molar-refractivity contribution is 7.12. The Hall–Kier alpha value is -0.870.